The molecule has 11 heteroatoms. The third kappa shape index (κ3) is 8.47. The monoisotopic (exact) mass is 599 g/mol. The van der Waals surface area contributed by atoms with Crippen LogP contribution >= 0.6 is 0 Å². The van der Waals surface area contributed by atoms with Crippen molar-refractivity contribution in [1.82, 2.24) is 4.98 Å². The number of hydrogen-bond acceptors (Lipinski definition) is 9. The van der Waals surface area contributed by atoms with Gasteiger partial charge in [0.1, 0.15) is 5.82 Å². The number of phenols is 2. The van der Waals surface area contributed by atoms with E-state index < -0.39 is 10.0 Å². The van der Waals surface area contributed by atoms with Crippen LogP contribution in [0.2, 0.25) is 0 Å². The van der Waals surface area contributed by atoms with E-state index in [1.54, 1.807) is 72.8 Å². The Morgan fingerprint density at radius 1 is 0.814 bits per heavy atom. The second kappa shape index (κ2) is 13.9. The lowest BCUT2D eigenvalue weighted by Crippen LogP contribution is -2.13. The predicted octanol–water partition coefficient (Wildman–Crippen LogP) is 5.60. The first-order valence-corrected chi connectivity index (χ1v) is 14.3. The molecule has 0 unspecified atom stereocenters. The van der Waals surface area contributed by atoms with Gasteiger partial charge in [0, 0.05) is 23.7 Å². The maximum Gasteiger partial charge on any atom is 0.263 e. The van der Waals surface area contributed by atoms with Crippen LogP contribution in [-0.2, 0) is 14.8 Å². The molecule has 10 nitrogen and oxygen atoms in total. The molecular formula is C32H29N3O7S. The second-order valence-electron chi connectivity index (χ2n) is 9.00. The van der Waals surface area contributed by atoms with Crippen molar-refractivity contribution in [1.29, 1.82) is 0 Å². The number of sulfonamides is 1. The van der Waals surface area contributed by atoms with Crippen molar-refractivity contribution in [2.75, 3.05) is 24.3 Å². The van der Waals surface area contributed by atoms with E-state index >= 15 is 0 Å². The quantitative estimate of drug-likeness (QED) is 0.121. The molecule has 4 aromatic rings. The number of aromatic hydroxyl groups is 2. The van der Waals surface area contributed by atoms with Crippen LogP contribution in [0.4, 0.5) is 11.5 Å². The number of pyridine rings is 1. The van der Waals surface area contributed by atoms with E-state index in [4.69, 9.17) is 9.47 Å². The highest BCUT2D eigenvalue weighted by atomic mass is 32.2. The highest BCUT2D eigenvalue weighted by molar-refractivity contribution is 7.92. The van der Waals surface area contributed by atoms with Crippen LogP contribution in [0.15, 0.2) is 114 Å². The summed E-state index contributed by atoms with van der Waals surface area (Å²) in [7, 11) is -0.986. The van der Waals surface area contributed by atoms with Crippen LogP contribution in [0.25, 0.3) is 12.2 Å². The number of carbonyl (C=O) groups excluding carboxylic acids is 1. The van der Waals surface area contributed by atoms with Crippen LogP contribution in [-0.4, -0.2) is 43.6 Å². The molecule has 220 valence electrons. The summed E-state index contributed by atoms with van der Waals surface area (Å²) in [4.78, 5) is 16.9. The molecule has 4 rings (SSSR count). The van der Waals surface area contributed by atoms with Gasteiger partial charge in [-0.2, -0.15) is 0 Å². The highest BCUT2D eigenvalue weighted by Crippen LogP contribution is 2.28. The molecule has 1 aromatic heterocycles. The maximum absolute atomic E-state index is 12.9. The van der Waals surface area contributed by atoms with Crippen LogP contribution in [0.3, 0.4) is 0 Å². The van der Waals surface area contributed by atoms with E-state index in [-0.39, 0.29) is 33.7 Å². The number of nitrogens with zero attached hydrogens (tertiary/aromatic N) is 1. The average Bonchev–Trinajstić information content (AvgIpc) is 3.00. The molecule has 0 saturated carbocycles. The lowest BCUT2D eigenvalue weighted by atomic mass is 10.1. The molecular weight excluding hydrogens is 570 g/mol. The summed E-state index contributed by atoms with van der Waals surface area (Å²) in [5.74, 6) is 0.400. The molecule has 0 aliphatic heterocycles. The number of aromatic nitrogens is 1. The molecule has 0 spiro atoms. The summed E-state index contributed by atoms with van der Waals surface area (Å²) < 4.78 is 38.2. The highest BCUT2D eigenvalue weighted by Gasteiger charge is 2.14. The van der Waals surface area contributed by atoms with Crippen molar-refractivity contribution < 1.29 is 32.9 Å². The summed E-state index contributed by atoms with van der Waals surface area (Å²) in [5, 5.41) is 22.8. The van der Waals surface area contributed by atoms with Crippen LogP contribution in [0.5, 0.6) is 23.0 Å². The van der Waals surface area contributed by atoms with Gasteiger partial charge in [-0.05, 0) is 83.9 Å². The Labute approximate surface area is 249 Å². The zero-order valence-corrected chi connectivity index (χ0v) is 24.1. The standard InChI is InChI=1S/C32H29N3O7S/c1-41-30-19-22(8-16-28(30)37)6-10-25(21-26(36)13-7-23-9-17-29(38)31(20-23)42-2)34-24-11-14-27(15-12-24)43(39,40)35-32-5-3-4-18-33-32/h3-21,34,37-38H,1-2H3,(H,33,35)/b10-6+,13-7+,25-21-. The molecule has 4 N–H and O–H groups in total. The van der Waals surface area contributed by atoms with Crippen molar-refractivity contribution in [3.05, 3.63) is 120 Å². The third-order valence-corrected chi connectivity index (χ3v) is 7.33. The molecule has 0 amide bonds. The van der Waals surface area contributed by atoms with Crippen molar-refractivity contribution in [3.8, 4) is 23.0 Å². The summed E-state index contributed by atoms with van der Waals surface area (Å²) in [6.45, 7) is 0. The zero-order chi connectivity index (χ0) is 30.8. The van der Waals surface area contributed by atoms with Gasteiger partial charge in [-0.15, -0.1) is 0 Å². The Hall–Kier alpha value is -5.55. The fraction of sp³-hybridized carbons (Fsp3) is 0.0625. The van der Waals surface area contributed by atoms with Gasteiger partial charge in [0.05, 0.1) is 19.1 Å². The molecule has 0 radical (unpaired) electrons. The van der Waals surface area contributed by atoms with Gasteiger partial charge in [-0.3, -0.25) is 9.52 Å². The average molecular weight is 600 g/mol. The largest absolute Gasteiger partial charge is 0.504 e. The maximum atomic E-state index is 12.9. The zero-order valence-electron chi connectivity index (χ0n) is 23.3. The molecule has 0 fully saturated rings. The molecule has 43 heavy (non-hydrogen) atoms. The number of ketones is 1. The minimum absolute atomic E-state index is 0.00714. The number of benzene rings is 3. The SMILES string of the molecule is COc1cc(/C=C/C(=O)/C=C(/C=C/c2ccc(O)c(OC)c2)Nc2ccc(S(=O)(=O)Nc3ccccn3)cc2)ccc1O. The minimum Gasteiger partial charge on any atom is -0.504 e. The van der Waals surface area contributed by atoms with Crippen LogP contribution in [0, 0.1) is 0 Å². The molecule has 0 aliphatic carbocycles. The fourth-order valence-electron chi connectivity index (χ4n) is 3.79. The number of phenolic OH excluding ortho intramolecular Hbond substituents is 2. The number of nitrogens with one attached hydrogen (secondary N) is 2. The Morgan fingerprint density at radius 3 is 1.98 bits per heavy atom. The van der Waals surface area contributed by atoms with Crippen molar-refractivity contribution in [3.63, 3.8) is 0 Å². The number of hydrogen-bond donors (Lipinski definition) is 4. The van der Waals surface area contributed by atoms with E-state index in [1.807, 2.05) is 0 Å². The van der Waals surface area contributed by atoms with Gasteiger partial charge in [0.25, 0.3) is 10.0 Å². The number of allylic oxidation sites excluding steroid dienone is 3. The normalized spacial score (nSPS) is 11.9. The number of methoxy groups -OCH3 is 2. The number of ether oxygens (including phenoxy) is 2. The van der Waals surface area contributed by atoms with E-state index in [0.29, 0.717) is 28.3 Å². The number of carbonyl (C=O) groups is 1. The second-order valence-corrected chi connectivity index (χ2v) is 10.7. The Balaban J connectivity index is 1.58. The first kappa shape index (κ1) is 30.4. The van der Waals surface area contributed by atoms with Crippen LogP contribution < -0.4 is 19.5 Å². The molecule has 0 aliphatic rings. The molecule has 0 bridgehead atoms. The van der Waals surface area contributed by atoms with Gasteiger partial charge in [-0.25, -0.2) is 13.4 Å². The van der Waals surface area contributed by atoms with E-state index in [9.17, 15) is 23.4 Å². The van der Waals surface area contributed by atoms with E-state index in [1.165, 1.54) is 56.8 Å². The summed E-state index contributed by atoms with van der Waals surface area (Å²) >= 11 is 0. The first-order chi connectivity index (χ1) is 20.7. The van der Waals surface area contributed by atoms with Crippen molar-refractivity contribution >= 4 is 39.5 Å². The minimum atomic E-state index is -3.86. The molecule has 1 heterocycles. The van der Waals surface area contributed by atoms with E-state index in [0.717, 1.165) is 0 Å². The van der Waals surface area contributed by atoms with Crippen molar-refractivity contribution in [2.24, 2.45) is 0 Å². The van der Waals surface area contributed by atoms with Crippen LogP contribution in [0.1, 0.15) is 11.1 Å². The third-order valence-electron chi connectivity index (χ3n) is 5.96. The van der Waals surface area contributed by atoms with Gasteiger partial charge < -0.3 is 25.0 Å². The molecule has 0 atom stereocenters. The lowest BCUT2D eigenvalue weighted by Gasteiger charge is -2.10. The number of rotatable bonds is 12. The lowest BCUT2D eigenvalue weighted by molar-refractivity contribution is -0.110. The summed E-state index contributed by atoms with van der Waals surface area (Å²) in [6, 6.07) is 20.4. The molecule has 3 aromatic carbocycles. The number of anilines is 2. The Morgan fingerprint density at radius 2 is 1.42 bits per heavy atom. The fourth-order valence-corrected chi connectivity index (χ4v) is 4.80. The topological polar surface area (TPSA) is 147 Å². The Kier molecular flexibility index (Phi) is 9.82. The first-order valence-electron chi connectivity index (χ1n) is 12.8. The van der Waals surface area contributed by atoms with Gasteiger partial charge in [-0.1, -0.05) is 30.4 Å². The summed E-state index contributed by atoms with van der Waals surface area (Å²) in [5.41, 5.74) is 2.26. The van der Waals surface area contributed by atoms with E-state index in [2.05, 4.69) is 15.0 Å². The van der Waals surface area contributed by atoms with Crippen molar-refractivity contribution in [2.45, 2.75) is 4.90 Å². The van der Waals surface area contributed by atoms with Gasteiger partial charge in [0.15, 0.2) is 28.8 Å². The summed E-state index contributed by atoms with van der Waals surface area (Å²) in [6.07, 6.45) is 9.19. The predicted molar refractivity (Wildman–Crippen MR) is 166 cm³/mol. The Bertz CT molecular complexity index is 1780. The smallest absolute Gasteiger partial charge is 0.263 e. The van der Waals surface area contributed by atoms with Gasteiger partial charge in [0.2, 0.25) is 0 Å². The van der Waals surface area contributed by atoms with Gasteiger partial charge >= 0.3 is 0 Å². The molecule has 0 saturated heterocycles.